The zero-order valence-corrected chi connectivity index (χ0v) is 20.2. The summed E-state index contributed by atoms with van der Waals surface area (Å²) in [5.41, 5.74) is 11.3. The van der Waals surface area contributed by atoms with E-state index in [1.807, 2.05) is 19.9 Å². The van der Waals surface area contributed by atoms with Gasteiger partial charge in [0, 0.05) is 55.1 Å². The molecule has 2 atom stereocenters. The van der Waals surface area contributed by atoms with Crippen molar-refractivity contribution in [2.45, 2.75) is 37.9 Å². The smallest absolute Gasteiger partial charge is 0.338 e. The Morgan fingerprint density at radius 2 is 2.22 bits per heavy atom. The van der Waals surface area contributed by atoms with Gasteiger partial charge in [0.25, 0.3) is 0 Å². The highest BCUT2D eigenvalue weighted by Crippen LogP contribution is 2.31. The van der Waals surface area contributed by atoms with Gasteiger partial charge in [-0.3, -0.25) is 4.90 Å². The number of cyclic esters (lactones) is 1. The largest absolute Gasteiger partial charge is 0.457 e. The molecule has 0 bridgehead atoms. The van der Waals surface area contributed by atoms with Crippen LogP contribution < -0.4 is 11.1 Å². The van der Waals surface area contributed by atoms with Crippen LogP contribution in [0.1, 0.15) is 44.2 Å². The van der Waals surface area contributed by atoms with E-state index < -0.39 is 11.4 Å². The number of carbonyl (C=O) groups excluding carboxylic acids is 1. The molecular formula is C25H26B2N6O3. The summed E-state index contributed by atoms with van der Waals surface area (Å²) in [6.07, 6.45) is 4.58. The summed E-state index contributed by atoms with van der Waals surface area (Å²) < 4.78 is 5.19. The van der Waals surface area contributed by atoms with Crippen molar-refractivity contribution in [1.82, 2.24) is 15.2 Å². The summed E-state index contributed by atoms with van der Waals surface area (Å²) in [6.45, 7) is 5.37. The van der Waals surface area contributed by atoms with Crippen molar-refractivity contribution in [2.24, 2.45) is 10.7 Å². The van der Waals surface area contributed by atoms with Crippen molar-refractivity contribution < 1.29 is 14.6 Å². The maximum Gasteiger partial charge on any atom is 0.338 e. The van der Waals surface area contributed by atoms with Crippen LogP contribution in [0.4, 0.5) is 5.82 Å². The first-order chi connectivity index (χ1) is 17.1. The van der Waals surface area contributed by atoms with Gasteiger partial charge in [0.05, 0.1) is 11.1 Å². The van der Waals surface area contributed by atoms with Crippen molar-refractivity contribution in [3.8, 4) is 6.07 Å². The first-order valence-corrected chi connectivity index (χ1v) is 11.5. The zero-order chi connectivity index (χ0) is 26.0. The third kappa shape index (κ3) is 5.36. The van der Waals surface area contributed by atoms with E-state index in [0.29, 0.717) is 36.6 Å². The molecule has 180 valence electrons. The number of ether oxygens (including phenoxy) is 1. The molecule has 4 radical (unpaired) electrons. The molecule has 11 heteroatoms. The van der Waals surface area contributed by atoms with E-state index in [1.165, 1.54) is 12.4 Å². The van der Waals surface area contributed by atoms with Gasteiger partial charge in [-0.1, -0.05) is 6.07 Å². The monoisotopic (exact) mass is 480 g/mol. The van der Waals surface area contributed by atoms with Crippen molar-refractivity contribution in [3.05, 3.63) is 69.5 Å². The molecule has 2 aromatic rings. The number of aromatic nitrogens is 1. The molecule has 2 unspecified atom stereocenters. The highest BCUT2D eigenvalue weighted by atomic mass is 16.5. The van der Waals surface area contributed by atoms with Gasteiger partial charge in [0.2, 0.25) is 0 Å². The van der Waals surface area contributed by atoms with Crippen LogP contribution in [0.2, 0.25) is 0 Å². The number of nitrogens with zero attached hydrogens (tertiary/aromatic N) is 4. The van der Waals surface area contributed by atoms with E-state index in [4.69, 9.17) is 31.4 Å². The molecule has 4 rings (SSSR count). The summed E-state index contributed by atoms with van der Waals surface area (Å²) in [7, 11) is 11.8. The number of aliphatic imine (C=N–C) groups is 1. The van der Waals surface area contributed by atoms with E-state index >= 15 is 0 Å². The quantitative estimate of drug-likeness (QED) is 0.314. The lowest BCUT2D eigenvalue weighted by molar-refractivity contribution is 0.0534. The number of aliphatic hydroxyl groups is 1. The molecule has 1 saturated heterocycles. The number of hydrogen-bond acceptors (Lipinski definition) is 9. The Kier molecular flexibility index (Phi) is 7.31. The third-order valence-corrected chi connectivity index (χ3v) is 6.63. The fraction of sp³-hybridized carbons (Fsp3) is 0.360. The molecule has 2 aliphatic heterocycles. The molecule has 36 heavy (non-hydrogen) atoms. The second kappa shape index (κ2) is 10.3. The lowest BCUT2D eigenvalue weighted by Crippen LogP contribution is -2.63. The summed E-state index contributed by atoms with van der Waals surface area (Å²) in [4.78, 5) is 22.6. The molecule has 1 aromatic heterocycles. The van der Waals surface area contributed by atoms with E-state index in [2.05, 4.69) is 26.3 Å². The summed E-state index contributed by atoms with van der Waals surface area (Å²) >= 11 is 0. The Hall–Kier alpha value is -3.45. The maximum absolute atomic E-state index is 11.9. The van der Waals surface area contributed by atoms with Crippen LogP contribution >= 0.6 is 0 Å². The third-order valence-electron chi connectivity index (χ3n) is 6.63. The fourth-order valence-corrected chi connectivity index (χ4v) is 4.55. The van der Waals surface area contributed by atoms with Gasteiger partial charge in [-0.25, -0.2) is 14.8 Å². The van der Waals surface area contributed by atoms with E-state index in [9.17, 15) is 9.90 Å². The number of nitrogens with two attached hydrogens (primary N) is 1. The van der Waals surface area contributed by atoms with Crippen molar-refractivity contribution >= 4 is 33.7 Å². The number of piperazine rings is 1. The fourth-order valence-electron chi connectivity index (χ4n) is 4.55. The molecule has 0 amide bonds. The van der Waals surface area contributed by atoms with Crippen LogP contribution in [0.25, 0.3) is 0 Å². The normalized spacial score (nSPS) is 20.8. The van der Waals surface area contributed by atoms with Gasteiger partial charge in [0.1, 0.15) is 28.4 Å². The lowest BCUT2D eigenvalue weighted by Gasteiger charge is -2.45. The standard InChI is InChI=1S/C25H26B2N6O3/c1-14-5-23(31-9-17(14)7-29)30-8-16(6-28)10-33-11-21(32-22(12-33)25(26,27)35)18-3-4-19-20(15(18)2)13-36-24(19)34/h3-6,8-9,21-22,32,35H,10-13,28H2,1-2H3. The van der Waals surface area contributed by atoms with Crippen LogP contribution in [0.3, 0.4) is 0 Å². The number of carbonyl (C=O) groups is 1. The molecule has 1 fully saturated rings. The average molecular weight is 480 g/mol. The number of hydrogen-bond donors (Lipinski definition) is 3. The molecule has 4 N–H and O–H groups in total. The Morgan fingerprint density at radius 3 is 2.89 bits per heavy atom. The molecule has 0 aliphatic carbocycles. The maximum atomic E-state index is 11.9. The SMILES string of the molecule is [B]C([B])(O)C1CN(CC(C=Nc2cc(C)c(C#N)cn2)=CN)CC(c2ccc3c(c2C)COC3=O)N1. The number of fused-ring (bicyclic) bond motifs is 1. The number of rotatable bonds is 6. The molecular weight excluding hydrogens is 454 g/mol. The number of benzene rings is 1. The minimum absolute atomic E-state index is 0.220. The van der Waals surface area contributed by atoms with E-state index in [0.717, 1.165) is 27.8 Å². The lowest BCUT2D eigenvalue weighted by atomic mass is 9.60. The average Bonchev–Trinajstić information content (AvgIpc) is 3.22. The summed E-state index contributed by atoms with van der Waals surface area (Å²) in [5.74, 6) is 0.142. The van der Waals surface area contributed by atoms with E-state index in [-0.39, 0.29) is 18.6 Å². The second-order valence-electron chi connectivity index (χ2n) is 9.20. The molecule has 2 aliphatic rings. The Balaban J connectivity index is 1.55. The summed E-state index contributed by atoms with van der Waals surface area (Å²) in [5, 5.41) is 20.9. The number of esters is 1. The van der Waals surface area contributed by atoms with Gasteiger partial charge >= 0.3 is 5.97 Å². The zero-order valence-electron chi connectivity index (χ0n) is 20.2. The van der Waals surface area contributed by atoms with E-state index in [1.54, 1.807) is 18.3 Å². The predicted octanol–water partition coefficient (Wildman–Crippen LogP) is 0.784. The Morgan fingerprint density at radius 1 is 1.44 bits per heavy atom. The topological polar surface area (TPSA) is 137 Å². The first kappa shape index (κ1) is 25.6. The van der Waals surface area contributed by atoms with Crippen molar-refractivity contribution in [2.75, 3.05) is 19.6 Å². The number of nitriles is 1. The van der Waals surface area contributed by atoms with Crippen LogP contribution in [-0.2, 0) is 11.3 Å². The molecule has 9 nitrogen and oxygen atoms in total. The first-order valence-electron chi connectivity index (χ1n) is 11.5. The minimum Gasteiger partial charge on any atom is -0.457 e. The number of pyridine rings is 1. The van der Waals surface area contributed by atoms with Crippen molar-refractivity contribution in [1.29, 1.82) is 5.26 Å². The number of aryl methyl sites for hydroxylation is 1. The highest BCUT2D eigenvalue weighted by Gasteiger charge is 2.36. The van der Waals surface area contributed by atoms with Gasteiger partial charge in [0.15, 0.2) is 5.82 Å². The summed E-state index contributed by atoms with van der Waals surface area (Å²) in [6, 6.07) is 6.62. The highest BCUT2D eigenvalue weighted by molar-refractivity contribution is 6.39. The number of nitrogens with one attached hydrogen (secondary N) is 1. The van der Waals surface area contributed by atoms with Gasteiger partial charge < -0.3 is 20.9 Å². The Bertz CT molecular complexity index is 1280. The van der Waals surface area contributed by atoms with Crippen LogP contribution in [0.15, 0.2) is 41.2 Å². The van der Waals surface area contributed by atoms with Gasteiger partial charge in [-0.05, 0) is 54.4 Å². The van der Waals surface area contributed by atoms with Crippen LogP contribution in [0, 0.1) is 25.2 Å². The van der Waals surface area contributed by atoms with Gasteiger partial charge in [-0.2, -0.15) is 5.26 Å². The van der Waals surface area contributed by atoms with Crippen LogP contribution in [0.5, 0.6) is 0 Å². The Labute approximate surface area is 212 Å². The van der Waals surface area contributed by atoms with Crippen LogP contribution in [-0.4, -0.2) is 73.9 Å². The molecule has 0 spiro atoms. The molecule has 3 heterocycles. The molecule has 0 saturated carbocycles. The van der Waals surface area contributed by atoms with Crippen molar-refractivity contribution in [3.63, 3.8) is 0 Å². The predicted molar refractivity (Wildman–Crippen MR) is 137 cm³/mol. The van der Waals surface area contributed by atoms with Gasteiger partial charge in [-0.15, -0.1) is 0 Å². The molecule has 1 aromatic carbocycles. The second-order valence-corrected chi connectivity index (χ2v) is 9.20. The minimum atomic E-state index is -1.95.